The van der Waals surface area contributed by atoms with Gasteiger partial charge in [-0.25, -0.2) is 32.7 Å². The quantitative estimate of drug-likeness (QED) is 0.464. The molecule has 0 aromatic carbocycles. The Morgan fingerprint density at radius 2 is 2.03 bits per heavy atom. The van der Waals surface area contributed by atoms with E-state index < -0.39 is 32.9 Å². The highest BCUT2D eigenvalue weighted by molar-refractivity contribution is 7.93. The van der Waals surface area contributed by atoms with Gasteiger partial charge in [-0.05, 0) is 31.4 Å². The summed E-state index contributed by atoms with van der Waals surface area (Å²) in [5.41, 5.74) is 1.02. The standard InChI is InChI=1S/C21H22FN7O4S/c1-3-14(16-6-7-24-21(27-16)29-34(31,32)13-4-5-13)20(30)28-19-15(22)8-12(9-25-19)17-10-23-11-18(26-17)33-2/h6-11,13-14H,3-5H2,1-2H3,(H,24,27,29)(H,25,28,30). The minimum Gasteiger partial charge on any atom is -0.480 e. The van der Waals surface area contributed by atoms with Crippen LogP contribution in [-0.2, 0) is 14.8 Å². The number of halogens is 1. The molecule has 1 amide bonds. The van der Waals surface area contributed by atoms with Crippen molar-refractivity contribution in [1.82, 2.24) is 24.9 Å². The van der Waals surface area contributed by atoms with Crippen LogP contribution in [0.1, 0.15) is 37.8 Å². The Bertz CT molecular complexity index is 1320. The molecule has 11 nitrogen and oxygen atoms in total. The fraction of sp³-hybridized carbons (Fsp3) is 0.333. The van der Waals surface area contributed by atoms with E-state index in [1.807, 2.05) is 0 Å². The Labute approximate surface area is 195 Å². The molecule has 3 aromatic rings. The molecule has 13 heteroatoms. The third-order valence-electron chi connectivity index (χ3n) is 5.16. The molecule has 0 radical (unpaired) electrons. The Morgan fingerprint density at radius 3 is 2.71 bits per heavy atom. The summed E-state index contributed by atoms with van der Waals surface area (Å²) in [6.45, 7) is 1.76. The highest BCUT2D eigenvalue weighted by Crippen LogP contribution is 2.29. The lowest BCUT2D eigenvalue weighted by atomic mass is 10.0. The highest BCUT2D eigenvalue weighted by atomic mass is 32.2. The summed E-state index contributed by atoms with van der Waals surface area (Å²) in [6, 6.07) is 2.69. The second kappa shape index (κ2) is 9.63. The average Bonchev–Trinajstić information content (AvgIpc) is 3.67. The number of ether oxygens (including phenoxy) is 1. The number of hydrogen-bond acceptors (Lipinski definition) is 9. The molecule has 0 saturated heterocycles. The van der Waals surface area contributed by atoms with Crippen LogP contribution < -0.4 is 14.8 Å². The lowest BCUT2D eigenvalue weighted by Crippen LogP contribution is -2.24. The maximum atomic E-state index is 14.7. The number of rotatable bonds is 9. The van der Waals surface area contributed by atoms with Crippen molar-refractivity contribution in [2.75, 3.05) is 17.1 Å². The van der Waals surface area contributed by atoms with E-state index in [-0.39, 0.29) is 17.6 Å². The van der Waals surface area contributed by atoms with Gasteiger partial charge in [0.05, 0.1) is 42.1 Å². The number of pyridine rings is 1. The molecule has 0 spiro atoms. The van der Waals surface area contributed by atoms with Crippen LogP contribution in [0.4, 0.5) is 16.2 Å². The molecule has 3 aromatic heterocycles. The second-order valence-corrected chi connectivity index (χ2v) is 9.56. The fourth-order valence-electron chi connectivity index (χ4n) is 3.19. The maximum absolute atomic E-state index is 14.7. The summed E-state index contributed by atoms with van der Waals surface area (Å²) in [5, 5.41) is 2.03. The third-order valence-corrected chi connectivity index (χ3v) is 6.97. The maximum Gasteiger partial charge on any atom is 0.237 e. The molecule has 3 heterocycles. The number of carbonyl (C=O) groups is 1. The average molecular weight is 488 g/mol. The minimum atomic E-state index is -3.55. The van der Waals surface area contributed by atoms with E-state index in [2.05, 4.69) is 35.0 Å². The molecule has 1 fully saturated rings. The molecule has 178 valence electrons. The molecule has 34 heavy (non-hydrogen) atoms. The summed E-state index contributed by atoms with van der Waals surface area (Å²) in [7, 11) is -2.11. The first kappa shape index (κ1) is 23.4. The number of carbonyl (C=O) groups excluding carboxylic acids is 1. The number of amides is 1. The first-order valence-electron chi connectivity index (χ1n) is 10.5. The highest BCUT2D eigenvalue weighted by Gasteiger charge is 2.36. The van der Waals surface area contributed by atoms with Crippen LogP contribution in [0.25, 0.3) is 11.3 Å². The van der Waals surface area contributed by atoms with Crippen LogP contribution in [0, 0.1) is 5.82 Å². The van der Waals surface area contributed by atoms with Gasteiger partial charge < -0.3 is 10.1 Å². The van der Waals surface area contributed by atoms with Gasteiger partial charge in [0, 0.05) is 18.0 Å². The van der Waals surface area contributed by atoms with Gasteiger partial charge in [-0.2, -0.15) is 0 Å². The summed E-state index contributed by atoms with van der Waals surface area (Å²) in [5.74, 6) is -2.18. The lowest BCUT2D eigenvalue weighted by Gasteiger charge is -2.15. The molecule has 0 aliphatic heterocycles. The SMILES string of the molecule is CCC(C(=O)Nc1ncc(-c2cncc(OC)n2)cc1F)c1ccnc(NS(=O)(=O)C2CC2)n1. The number of anilines is 2. The van der Waals surface area contributed by atoms with Gasteiger partial charge in [0.25, 0.3) is 0 Å². The molecule has 0 bridgehead atoms. The largest absolute Gasteiger partial charge is 0.480 e. The molecule has 2 N–H and O–H groups in total. The molecular weight excluding hydrogens is 465 g/mol. The van der Waals surface area contributed by atoms with Gasteiger partial charge in [0.15, 0.2) is 11.6 Å². The van der Waals surface area contributed by atoms with E-state index in [1.54, 1.807) is 6.92 Å². The van der Waals surface area contributed by atoms with Crippen LogP contribution in [0.3, 0.4) is 0 Å². The van der Waals surface area contributed by atoms with Gasteiger partial charge in [-0.15, -0.1) is 0 Å². The smallest absolute Gasteiger partial charge is 0.237 e. The van der Waals surface area contributed by atoms with E-state index in [4.69, 9.17) is 4.74 Å². The second-order valence-electron chi connectivity index (χ2n) is 7.60. The molecule has 1 aliphatic carbocycles. The lowest BCUT2D eigenvalue weighted by molar-refractivity contribution is -0.117. The number of aromatic nitrogens is 5. The normalized spacial score (nSPS) is 14.3. The Balaban J connectivity index is 1.50. The van der Waals surface area contributed by atoms with Crippen molar-refractivity contribution in [3.8, 4) is 17.1 Å². The van der Waals surface area contributed by atoms with Crippen molar-refractivity contribution in [3.63, 3.8) is 0 Å². The Morgan fingerprint density at radius 1 is 1.24 bits per heavy atom. The van der Waals surface area contributed by atoms with E-state index in [0.717, 1.165) is 0 Å². The van der Waals surface area contributed by atoms with Crippen molar-refractivity contribution in [2.24, 2.45) is 0 Å². The number of nitrogens with zero attached hydrogens (tertiary/aromatic N) is 5. The molecule has 1 saturated carbocycles. The van der Waals surface area contributed by atoms with Crippen molar-refractivity contribution >= 4 is 27.7 Å². The van der Waals surface area contributed by atoms with Crippen molar-refractivity contribution < 1.29 is 22.3 Å². The summed E-state index contributed by atoms with van der Waals surface area (Å²) < 4.78 is 46.4. The number of methoxy groups -OCH3 is 1. The molecule has 1 unspecified atom stereocenters. The summed E-state index contributed by atoms with van der Waals surface area (Å²) in [6.07, 6.45) is 7.10. The Hall–Kier alpha value is -3.74. The van der Waals surface area contributed by atoms with Crippen LogP contribution in [0.15, 0.2) is 36.9 Å². The number of nitrogens with one attached hydrogen (secondary N) is 2. The molecular formula is C21H22FN7O4S. The first-order valence-corrected chi connectivity index (χ1v) is 12.0. The van der Waals surface area contributed by atoms with Crippen LogP contribution >= 0.6 is 0 Å². The molecule has 1 aliphatic rings. The van der Waals surface area contributed by atoms with E-state index in [9.17, 15) is 17.6 Å². The predicted molar refractivity (Wildman–Crippen MR) is 121 cm³/mol. The van der Waals surface area contributed by atoms with Crippen LogP contribution in [0.5, 0.6) is 5.88 Å². The number of hydrogen-bond donors (Lipinski definition) is 2. The first-order chi connectivity index (χ1) is 16.3. The van der Waals surface area contributed by atoms with Crippen molar-refractivity contribution in [2.45, 2.75) is 37.4 Å². The zero-order chi connectivity index (χ0) is 24.3. The zero-order valence-electron chi connectivity index (χ0n) is 18.4. The third kappa shape index (κ3) is 5.25. The topological polar surface area (TPSA) is 149 Å². The van der Waals surface area contributed by atoms with Crippen molar-refractivity contribution in [3.05, 3.63) is 48.4 Å². The van der Waals surface area contributed by atoms with Gasteiger partial charge in [-0.1, -0.05) is 6.92 Å². The molecule has 4 rings (SSSR count). The van der Waals surface area contributed by atoms with E-state index in [0.29, 0.717) is 36.2 Å². The number of sulfonamides is 1. The van der Waals surface area contributed by atoms with Gasteiger partial charge in [-0.3, -0.25) is 14.5 Å². The molecule has 1 atom stereocenters. The summed E-state index contributed by atoms with van der Waals surface area (Å²) >= 11 is 0. The van der Waals surface area contributed by atoms with E-state index in [1.165, 1.54) is 44.0 Å². The minimum absolute atomic E-state index is 0.108. The van der Waals surface area contributed by atoms with E-state index >= 15 is 0 Å². The van der Waals surface area contributed by atoms with Gasteiger partial charge in [0.1, 0.15) is 0 Å². The fourth-order valence-corrected chi connectivity index (χ4v) is 4.47. The van der Waals surface area contributed by atoms with Gasteiger partial charge in [0.2, 0.25) is 27.8 Å². The van der Waals surface area contributed by atoms with Crippen LogP contribution in [-0.4, -0.2) is 51.6 Å². The predicted octanol–water partition coefficient (Wildman–Crippen LogP) is 2.51. The zero-order valence-corrected chi connectivity index (χ0v) is 19.2. The monoisotopic (exact) mass is 487 g/mol. The van der Waals surface area contributed by atoms with Crippen molar-refractivity contribution in [1.29, 1.82) is 0 Å². The van der Waals surface area contributed by atoms with Crippen LogP contribution in [0.2, 0.25) is 0 Å². The summed E-state index contributed by atoms with van der Waals surface area (Å²) in [4.78, 5) is 33.2. The Kier molecular flexibility index (Phi) is 6.63. The van der Waals surface area contributed by atoms with Gasteiger partial charge >= 0.3 is 0 Å².